The van der Waals surface area contributed by atoms with Gasteiger partial charge in [0.2, 0.25) is 0 Å². The van der Waals surface area contributed by atoms with E-state index in [2.05, 4.69) is 35.8 Å². The van der Waals surface area contributed by atoms with Gasteiger partial charge in [-0.15, -0.1) is 0 Å². The summed E-state index contributed by atoms with van der Waals surface area (Å²) in [5.41, 5.74) is 0.393. The van der Waals surface area contributed by atoms with Crippen molar-refractivity contribution in [3.8, 4) is 0 Å². The standard InChI is InChI=1S/C14H24N2S3/c1-11-2-4-14(5-3-11)10-19-13(16-14)15-8-12-9-17-6-7-18-12/h11-12H,2-10H2,1H3,(H,15,16). The van der Waals surface area contributed by atoms with Gasteiger partial charge in [-0.25, -0.2) is 0 Å². The van der Waals surface area contributed by atoms with Crippen LogP contribution < -0.4 is 5.32 Å². The smallest absolute Gasteiger partial charge is 0.157 e. The summed E-state index contributed by atoms with van der Waals surface area (Å²) < 4.78 is 0. The zero-order valence-corrected chi connectivity index (χ0v) is 14.1. The number of thioether (sulfide) groups is 3. The molecule has 3 rings (SSSR count). The van der Waals surface area contributed by atoms with Crippen LogP contribution in [0.15, 0.2) is 4.99 Å². The molecule has 1 unspecified atom stereocenters. The molecule has 0 bridgehead atoms. The second-order valence-electron chi connectivity index (χ2n) is 6.09. The highest BCUT2D eigenvalue weighted by Gasteiger charge is 2.39. The van der Waals surface area contributed by atoms with Crippen LogP contribution in [0.1, 0.15) is 32.6 Å². The minimum atomic E-state index is 0.393. The molecular weight excluding hydrogens is 292 g/mol. The lowest BCUT2D eigenvalue weighted by Crippen LogP contribution is -2.46. The summed E-state index contributed by atoms with van der Waals surface area (Å²) in [5.74, 6) is 6.09. The Morgan fingerprint density at radius 1 is 1.32 bits per heavy atom. The quantitative estimate of drug-likeness (QED) is 0.843. The van der Waals surface area contributed by atoms with Crippen LogP contribution in [0.25, 0.3) is 0 Å². The average molecular weight is 317 g/mol. The Balaban J connectivity index is 1.50. The molecule has 3 aliphatic rings. The molecule has 0 aromatic carbocycles. The van der Waals surface area contributed by atoms with E-state index in [1.807, 2.05) is 11.8 Å². The van der Waals surface area contributed by atoms with Crippen LogP contribution in [0.2, 0.25) is 0 Å². The first-order valence-electron chi connectivity index (χ1n) is 7.41. The Morgan fingerprint density at radius 3 is 2.89 bits per heavy atom. The second kappa shape index (κ2) is 6.52. The van der Waals surface area contributed by atoms with Gasteiger partial charge in [-0.05, 0) is 31.6 Å². The molecule has 2 saturated heterocycles. The number of rotatable bonds is 2. The average Bonchev–Trinajstić information content (AvgIpc) is 2.85. The fourth-order valence-electron chi connectivity index (χ4n) is 3.00. The Morgan fingerprint density at radius 2 is 2.16 bits per heavy atom. The van der Waals surface area contributed by atoms with Crippen LogP contribution in [0.5, 0.6) is 0 Å². The molecule has 5 heteroatoms. The van der Waals surface area contributed by atoms with Crippen molar-refractivity contribution in [2.75, 3.05) is 29.6 Å². The van der Waals surface area contributed by atoms with Crippen LogP contribution in [0.3, 0.4) is 0 Å². The minimum Gasteiger partial charge on any atom is -0.359 e. The third-order valence-corrected chi connectivity index (χ3v) is 8.44. The minimum absolute atomic E-state index is 0.393. The fraction of sp³-hybridized carbons (Fsp3) is 0.929. The molecule has 2 nitrogen and oxygen atoms in total. The lowest BCUT2D eigenvalue weighted by atomic mass is 9.78. The van der Waals surface area contributed by atoms with Gasteiger partial charge in [0.25, 0.3) is 0 Å². The van der Waals surface area contributed by atoms with Crippen molar-refractivity contribution in [3.05, 3.63) is 0 Å². The van der Waals surface area contributed by atoms with Gasteiger partial charge in [0.15, 0.2) is 5.17 Å². The molecule has 2 aliphatic heterocycles. The molecule has 108 valence electrons. The predicted octanol–water partition coefficient (Wildman–Crippen LogP) is 3.48. The molecule has 0 radical (unpaired) electrons. The van der Waals surface area contributed by atoms with Gasteiger partial charge >= 0.3 is 0 Å². The zero-order valence-electron chi connectivity index (χ0n) is 11.7. The summed E-state index contributed by atoms with van der Waals surface area (Å²) in [6.07, 6.45) is 5.45. The summed E-state index contributed by atoms with van der Waals surface area (Å²) in [6, 6.07) is 0. The molecule has 3 fully saturated rings. The lowest BCUT2D eigenvalue weighted by molar-refractivity contribution is 0.251. The molecule has 1 saturated carbocycles. The number of hydrogen-bond acceptors (Lipinski definition) is 4. The van der Waals surface area contributed by atoms with Crippen LogP contribution in [0, 0.1) is 5.92 Å². The van der Waals surface area contributed by atoms with Crippen molar-refractivity contribution in [1.29, 1.82) is 0 Å². The summed E-state index contributed by atoms with van der Waals surface area (Å²) in [4.78, 5) is 4.85. The molecule has 2 heterocycles. The lowest BCUT2D eigenvalue weighted by Gasteiger charge is -2.35. The van der Waals surface area contributed by atoms with Gasteiger partial charge in [0.1, 0.15) is 0 Å². The summed E-state index contributed by atoms with van der Waals surface area (Å²) >= 11 is 6.16. The van der Waals surface area contributed by atoms with Crippen LogP contribution in [-0.2, 0) is 0 Å². The monoisotopic (exact) mass is 316 g/mol. The van der Waals surface area contributed by atoms with Crippen molar-refractivity contribution >= 4 is 40.5 Å². The van der Waals surface area contributed by atoms with Crippen molar-refractivity contribution in [3.63, 3.8) is 0 Å². The van der Waals surface area contributed by atoms with E-state index in [-0.39, 0.29) is 0 Å². The molecule has 0 amide bonds. The Kier molecular flexibility index (Phi) is 4.96. The highest BCUT2D eigenvalue weighted by Crippen LogP contribution is 2.38. The van der Waals surface area contributed by atoms with Gasteiger partial charge < -0.3 is 5.32 Å². The van der Waals surface area contributed by atoms with E-state index in [1.165, 1.54) is 53.9 Å². The van der Waals surface area contributed by atoms with Crippen molar-refractivity contribution in [2.24, 2.45) is 10.9 Å². The summed E-state index contributed by atoms with van der Waals surface area (Å²) in [7, 11) is 0. The third-order valence-electron chi connectivity index (χ3n) is 4.41. The number of amidine groups is 1. The van der Waals surface area contributed by atoms with E-state index in [4.69, 9.17) is 4.99 Å². The van der Waals surface area contributed by atoms with Gasteiger partial charge in [-0.2, -0.15) is 23.5 Å². The molecule has 1 N–H and O–H groups in total. The molecule has 0 aromatic heterocycles. The first-order chi connectivity index (χ1) is 9.26. The number of hydrogen-bond donors (Lipinski definition) is 1. The number of aliphatic imine (C=N–C) groups is 1. The number of nitrogens with one attached hydrogen (secondary N) is 1. The highest BCUT2D eigenvalue weighted by atomic mass is 32.2. The SMILES string of the molecule is CC1CCC2(CC1)CSC(=NCC1CSCCS1)N2. The van der Waals surface area contributed by atoms with Gasteiger partial charge in [-0.3, -0.25) is 4.99 Å². The van der Waals surface area contributed by atoms with Crippen molar-refractivity contribution < 1.29 is 0 Å². The van der Waals surface area contributed by atoms with E-state index in [0.29, 0.717) is 5.54 Å². The van der Waals surface area contributed by atoms with Gasteiger partial charge in [0, 0.05) is 33.8 Å². The highest BCUT2D eigenvalue weighted by molar-refractivity contribution is 8.14. The third kappa shape index (κ3) is 3.79. The molecule has 1 aliphatic carbocycles. The van der Waals surface area contributed by atoms with Gasteiger partial charge in [0.05, 0.1) is 6.54 Å². The Labute approximate surface area is 129 Å². The Bertz CT molecular complexity index is 332. The predicted molar refractivity (Wildman–Crippen MR) is 91.8 cm³/mol. The van der Waals surface area contributed by atoms with Gasteiger partial charge in [-0.1, -0.05) is 18.7 Å². The molecule has 0 aromatic rings. The first kappa shape index (κ1) is 14.5. The maximum absolute atomic E-state index is 4.85. The summed E-state index contributed by atoms with van der Waals surface area (Å²) in [5, 5.41) is 5.74. The summed E-state index contributed by atoms with van der Waals surface area (Å²) in [6.45, 7) is 3.40. The fourth-order valence-corrected chi connectivity index (χ4v) is 6.81. The number of nitrogens with zero attached hydrogens (tertiary/aromatic N) is 1. The van der Waals surface area contributed by atoms with E-state index in [1.54, 1.807) is 0 Å². The second-order valence-corrected chi connectivity index (χ2v) is 9.61. The van der Waals surface area contributed by atoms with Crippen LogP contribution >= 0.6 is 35.3 Å². The van der Waals surface area contributed by atoms with Crippen LogP contribution in [-0.4, -0.2) is 45.5 Å². The van der Waals surface area contributed by atoms with E-state index >= 15 is 0 Å². The van der Waals surface area contributed by atoms with Crippen molar-refractivity contribution in [2.45, 2.75) is 43.4 Å². The molecule has 1 atom stereocenters. The zero-order chi connectivity index (χ0) is 13.1. The maximum atomic E-state index is 4.85. The maximum Gasteiger partial charge on any atom is 0.157 e. The van der Waals surface area contributed by atoms with E-state index in [9.17, 15) is 0 Å². The molecule has 1 spiro atoms. The van der Waals surface area contributed by atoms with E-state index in [0.717, 1.165) is 17.7 Å². The molecule has 19 heavy (non-hydrogen) atoms. The largest absolute Gasteiger partial charge is 0.359 e. The molecular formula is C14H24N2S3. The topological polar surface area (TPSA) is 24.4 Å². The Hall–Kier alpha value is 0.520. The van der Waals surface area contributed by atoms with Crippen molar-refractivity contribution in [1.82, 2.24) is 5.32 Å². The van der Waals surface area contributed by atoms with E-state index < -0.39 is 0 Å². The normalized spacial score (nSPS) is 41.6. The first-order valence-corrected chi connectivity index (χ1v) is 10.6. The van der Waals surface area contributed by atoms with Crippen LogP contribution in [0.4, 0.5) is 0 Å².